The van der Waals surface area contributed by atoms with Crippen LogP contribution in [0.1, 0.15) is 29.7 Å². The zero-order valence-corrected chi connectivity index (χ0v) is 14.7. The Hall–Kier alpha value is -1.14. The van der Waals surface area contributed by atoms with Crippen LogP contribution in [0, 0.1) is 13.8 Å². The molecule has 0 aliphatic carbocycles. The minimum atomic E-state index is -3.80. The van der Waals surface area contributed by atoms with Crippen LogP contribution in [0.2, 0.25) is 10.0 Å². The van der Waals surface area contributed by atoms with E-state index in [-0.39, 0.29) is 9.92 Å². The third-order valence-corrected chi connectivity index (χ3v) is 6.10. The molecular formula is C15H16Cl2N2O2S. The molecule has 0 spiro atoms. The molecule has 1 atom stereocenters. The first-order valence-corrected chi connectivity index (χ1v) is 8.85. The zero-order valence-electron chi connectivity index (χ0n) is 12.4. The lowest BCUT2D eigenvalue weighted by Crippen LogP contribution is -2.28. The van der Waals surface area contributed by atoms with Crippen molar-refractivity contribution in [1.29, 1.82) is 0 Å². The number of benzene rings is 1. The smallest absolute Gasteiger partial charge is 0.242 e. The van der Waals surface area contributed by atoms with Crippen molar-refractivity contribution < 1.29 is 8.42 Å². The van der Waals surface area contributed by atoms with Crippen molar-refractivity contribution in [2.75, 3.05) is 0 Å². The van der Waals surface area contributed by atoms with Crippen LogP contribution >= 0.6 is 23.2 Å². The van der Waals surface area contributed by atoms with E-state index < -0.39 is 16.1 Å². The summed E-state index contributed by atoms with van der Waals surface area (Å²) in [7, 11) is -3.80. The number of sulfonamides is 1. The Morgan fingerprint density at radius 1 is 1.18 bits per heavy atom. The summed E-state index contributed by atoms with van der Waals surface area (Å²) in [6.07, 6.45) is 3.23. The second kappa shape index (κ2) is 6.54. The van der Waals surface area contributed by atoms with Gasteiger partial charge in [-0.05, 0) is 55.7 Å². The van der Waals surface area contributed by atoms with Crippen molar-refractivity contribution in [2.24, 2.45) is 0 Å². The number of aromatic nitrogens is 1. The van der Waals surface area contributed by atoms with E-state index in [4.69, 9.17) is 23.2 Å². The van der Waals surface area contributed by atoms with Crippen LogP contribution in [0.5, 0.6) is 0 Å². The molecular weight excluding hydrogens is 343 g/mol. The lowest BCUT2D eigenvalue weighted by atomic mass is 10.1. The van der Waals surface area contributed by atoms with Crippen molar-refractivity contribution in [3.05, 3.63) is 57.3 Å². The Balaban J connectivity index is 2.44. The van der Waals surface area contributed by atoms with Gasteiger partial charge in [-0.3, -0.25) is 4.98 Å². The van der Waals surface area contributed by atoms with Crippen molar-refractivity contribution in [3.8, 4) is 0 Å². The number of pyridine rings is 1. The van der Waals surface area contributed by atoms with E-state index >= 15 is 0 Å². The molecule has 0 amide bonds. The third-order valence-electron chi connectivity index (χ3n) is 3.39. The lowest BCUT2D eigenvalue weighted by Gasteiger charge is -2.18. The fraction of sp³-hybridized carbons (Fsp3) is 0.267. The summed E-state index contributed by atoms with van der Waals surface area (Å²) < 4.78 is 28.0. The normalized spacial score (nSPS) is 13.1. The maximum Gasteiger partial charge on any atom is 0.242 e. The minimum Gasteiger partial charge on any atom is -0.265 e. The van der Waals surface area contributed by atoms with E-state index in [0.717, 1.165) is 5.56 Å². The fourth-order valence-corrected chi connectivity index (χ4v) is 4.59. The standard InChI is InChI=1S/C15H16Cl2N2O2S/c1-9-8-13(16)10(2)15(14(9)17)22(20,21)19-11(3)12-4-6-18-7-5-12/h4-8,11,19H,1-3H3. The molecule has 118 valence electrons. The van der Waals surface area contributed by atoms with Crippen LogP contribution in [0.15, 0.2) is 35.5 Å². The fourth-order valence-electron chi connectivity index (χ4n) is 2.15. The van der Waals surface area contributed by atoms with Crippen LogP contribution < -0.4 is 4.72 Å². The Labute approximate surface area is 140 Å². The van der Waals surface area contributed by atoms with Gasteiger partial charge in [0.05, 0.1) is 5.02 Å². The Morgan fingerprint density at radius 3 is 2.36 bits per heavy atom. The van der Waals surface area contributed by atoms with Gasteiger partial charge in [0.2, 0.25) is 10.0 Å². The summed E-state index contributed by atoms with van der Waals surface area (Å²) in [6, 6.07) is 4.75. The SMILES string of the molecule is Cc1cc(Cl)c(C)c(S(=O)(=O)NC(C)c2ccncc2)c1Cl. The molecule has 1 aromatic carbocycles. The maximum absolute atomic E-state index is 12.7. The number of rotatable bonds is 4. The Morgan fingerprint density at radius 2 is 1.77 bits per heavy atom. The third kappa shape index (κ3) is 3.43. The van der Waals surface area contributed by atoms with Gasteiger partial charge in [0.15, 0.2) is 0 Å². The van der Waals surface area contributed by atoms with Crippen molar-refractivity contribution in [2.45, 2.75) is 31.7 Å². The molecule has 1 heterocycles. The highest BCUT2D eigenvalue weighted by atomic mass is 35.5. The molecule has 2 rings (SSSR count). The van der Waals surface area contributed by atoms with Crippen molar-refractivity contribution in [3.63, 3.8) is 0 Å². The number of nitrogens with zero attached hydrogens (tertiary/aromatic N) is 1. The minimum absolute atomic E-state index is 0.0278. The molecule has 22 heavy (non-hydrogen) atoms. The first-order chi connectivity index (χ1) is 10.2. The molecule has 1 unspecified atom stereocenters. The van der Waals surface area contributed by atoms with Gasteiger partial charge in [0, 0.05) is 23.5 Å². The van der Waals surface area contributed by atoms with Gasteiger partial charge >= 0.3 is 0 Å². The molecule has 0 saturated heterocycles. The molecule has 1 N–H and O–H groups in total. The van der Waals surface area contributed by atoms with Gasteiger partial charge in [-0.1, -0.05) is 23.2 Å². The van der Waals surface area contributed by atoms with Gasteiger partial charge < -0.3 is 0 Å². The molecule has 0 bridgehead atoms. The highest BCUT2D eigenvalue weighted by molar-refractivity contribution is 7.89. The summed E-state index contributed by atoms with van der Waals surface area (Å²) in [6.45, 7) is 5.12. The van der Waals surface area contributed by atoms with Crippen molar-refractivity contribution >= 4 is 33.2 Å². The first kappa shape index (κ1) is 17.2. The number of hydrogen-bond donors (Lipinski definition) is 1. The molecule has 0 aliphatic heterocycles. The average molecular weight is 359 g/mol. The molecule has 7 heteroatoms. The highest BCUT2D eigenvalue weighted by Gasteiger charge is 2.25. The van der Waals surface area contributed by atoms with Crippen LogP contribution in [-0.4, -0.2) is 13.4 Å². The second-order valence-electron chi connectivity index (χ2n) is 5.07. The van der Waals surface area contributed by atoms with Crippen LogP contribution in [0.25, 0.3) is 0 Å². The number of hydrogen-bond acceptors (Lipinski definition) is 3. The summed E-state index contributed by atoms with van der Waals surface area (Å²) >= 11 is 12.3. The summed E-state index contributed by atoms with van der Waals surface area (Å²) in [4.78, 5) is 3.95. The van der Waals surface area contributed by atoms with E-state index in [9.17, 15) is 8.42 Å². The largest absolute Gasteiger partial charge is 0.265 e. The number of nitrogens with one attached hydrogen (secondary N) is 1. The second-order valence-corrected chi connectivity index (χ2v) is 7.50. The van der Waals surface area contributed by atoms with Crippen LogP contribution in [-0.2, 0) is 10.0 Å². The van der Waals surface area contributed by atoms with Gasteiger partial charge in [-0.25, -0.2) is 13.1 Å². The zero-order chi connectivity index (χ0) is 16.5. The number of halogens is 2. The van der Waals surface area contributed by atoms with Gasteiger partial charge in [-0.15, -0.1) is 0 Å². The first-order valence-electron chi connectivity index (χ1n) is 6.61. The Bertz CT molecular complexity index is 767. The van der Waals surface area contributed by atoms with Crippen LogP contribution in [0.3, 0.4) is 0 Å². The predicted molar refractivity (Wildman–Crippen MR) is 88.9 cm³/mol. The lowest BCUT2D eigenvalue weighted by molar-refractivity contribution is 0.566. The van der Waals surface area contributed by atoms with E-state index in [0.29, 0.717) is 16.1 Å². The number of aryl methyl sites for hydroxylation is 1. The van der Waals surface area contributed by atoms with Crippen molar-refractivity contribution in [1.82, 2.24) is 9.71 Å². The summed E-state index contributed by atoms with van der Waals surface area (Å²) in [5, 5.41) is 0.565. The highest BCUT2D eigenvalue weighted by Crippen LogP contribution is 2.34. The average Bonchev–Trinajstić information content (AvgIpc) is 2.45. The molecule has 0 aliphatic rings. The van der Waals surface area contributed by atoms with E-state index in [1.54, 1.807) is 51.4 Å². The molecule has 4 nitrogen and oxygen atoms in total. The van der Waals surface area contributed by atoms with E-state index in [1.165, 1.54) is 0 Å². The van der Waals surface area contributed by atoms with Crippen LogP contribution in [0.4, 0.5) is 0 Å². The molecule has 0 fully saturated rings. The molecule has 0 radical (unpaired) electrons. The maximum atomic E-state index is 12.7. The predicted octanol–water partition coefficient (Wildman–Crippen LogP) is 4.04. The monoisotopic (exact) mass is 358 g/mol. The quantitative estimate of drug-likeness (QED) is 0.896. The topological polar surface area (TPSA) is 59.1 Å². The Kier molecular flexibility index (Phi) is 5.12. The van der Waals surface area contributed by atoms with E-state index in [1.807, 2.05) is 0 Å². The van der Waals surface area contributed by atoms with Gasteiger partial charge in [0.1, 0.15) is 4.90 Å². The summed E-state index contributed by atoms with van der Waals surface area (Å²) in [5.41, 5.74) is 1.87. The molecule has 1 aromatic heterocycles. The van der Waals surface area contributed by atoms with Gasteiger partial charge in [-0.2, -0.15) is 0 Å². The van der Waals surface area contributed by atoms with E-state index in [2.05, 4.69) is 9.71 Å². The molecule has 2 aromatic rings. The van der Waals surface area contributed by atoms with Gasteiger partial charge in [0.25, 0.3) is 0 Å². The summed E-state index contributed by atoms with van der Waals surface area (Å²) in [5.74, 6) is 0. The molecule has 0 saturated carbocycles.